The van der Waals surface area contributed by atoms with Gasteiger partial charge in [-0.1, -0.05) is 29.3 Å². The van der Waals surface area contributed by atoms with Crippen molar-refractivity contribution in [2.45, 2.75) is 6.92 Å². The molecular weight excluding hydrogens is 341 g/mol. The molecule has 8 heteroatoms. The summed E-state index contributed by atoms with van der Waals surface area (Å²) < 4.78 is 0. The molecule has 0 radical (unpaired) electrons. The molecule has 0 unspecified atom stereocenters. The van der Waals surface area contributed by atoms with Crippen LogP contribution in [0.1, 0.15) is 6.92 Å². The highest BCUT2D eigenvalue weighted by molar-refractivity contribution is 6.44. The molecule has 1 aromatic carbocycles. The molecule has 1 saturated heterocycles. The number of rotatable bonds is 4. The van der Waals surface area contributed by atoms with Gasteiger partial charge in [0.1, 0.15) is 6.54 Å². The van der Waals surface area contributed by atoms with Crippen LogP contribution in [0.2, 0.25) is 10.0 Å². The third-order valence-electron chi connectivity index (χ3n) is 3.71. The van der Waals surface area contributed by atoms with E-state index in [1.165, 1.54) is 11.8 Å². The van der Waals surface area contributed by atoms with E-state index in [1.54, 1.807) is 28.0 Å². The van der Waals surface area contributed by atoms with Gasteiger partial charge in [0.15, 0.2) is 0 Å². The molecule has 1 aliphatic heterocycles. The highest BCUT2D eigenvalue weighted by Gasteiger charge is 2.25. The summed E-state index contributed by atoms with van der Waals surface area (Å²) in [7, 11) is 0. The van der Waals surface area contributed by atoms with Crippen LogP contribution in [-0.4, -0.2) is 60.7 Å². The fourth-order valence-corrected chi connectivity index (χ4v) is 2.78. The normalized spacial score (nSPS) is 14.6. The maximum atomic E-state index is 12.4. The predicted octanol–water partition coefficient (Wildman–Crippen LogP) is 1.65. The molecule has 0 aliphatic carbocycles. The molecule has 1 fully saturated rings. The third kappa shape index (κ3) is 4.14. The summed E-state index contributed by atoms with van der Waals surface area (Å²) in [6.07, 6.45) is 0.773. The SMILES string of the molecule is CC(=O)N(CC(=O)N1CCN(C=O)CC1)c1cccc(Cl)c1Cl. The largest absolute Gasteiger partial charge is 0.342 e. The Morgan fingerprint density at radius 2 is 1.87 bits per heavy atom. The van der Waals surface area contributed by atoms with Crippen LogP contribution in [0, 0.1) is 0 Å². The Morgan fingerprint density at radius 3 is 2.43 bits per heavy atom. The Morgan fingerprint density at radius 1 is 1.22 bits per heavy atom. The van der Waals surface area contributed by atoms with Gasteiger partial charge in [0.25, 0.3) is 0 Å². The van der Waals surface area contributed by atoms with E-state index >= 15 is 0 Å². The van der Waals surface area contributed by atoms with Crippen molar-refractivity contribution in [1.82, 2.24) is 9.80 Å². The second kappa shape index (κ2) is 7.66. The maximum absolute atomic E-state index is 12.4. The quantitative estimate of drug-likeness (QED) is 0.769. The number of hydrogen-bond donors (Lipinski definition) is 0. The molecular formula is C15H17Cl2N3O3. The van der Waals surface area contributed by atoms with Crippen molar-refractivity contribution in [2.24, 2.45) is 0 Å². The van der Waals surface area contributed by atoms with E-state index in [0.717, 1.165) is 6.41 Å². The Bertz CT molecular complexity index is 616. The molecule has 23 heavy (non-hydrogen) atoms. The number of carbonyl (C=O) groups excluding carboxylic acids is 3. The van der Waals surface area contributed by atoms with Gasteiger partial charge in [-0.05, 0) is 12.1 Å². The highest BCUT2D eigenvalue weighted by Crippen LogP contribution is 2.32. The van der Waals surface area contributed by atoms with Crippen LogP contribution in [0.4, 0.5) is 5.69 Å². The minimum absolute atomic E-state index is 0.115. The van der Waals surface area contributed by atoms with Crippen LogP contribution < -0.4 is 4.90 Å². The zero-order valence-electron chi connectivity index (χ0n) is 12.7. The van der Waals surface area contributed by atoms with E-state index in [1.807, 2.05) is 0 Å². The molecule has 1 heterocycles. The number of piperazine rings is 1. The fourth-order valence-electron chi connectivity index (χ4n) is 2.38. The average molecular weight is 358 g/mol. The molecule has 0 atom stereocenters. The van der Waals surface area contributed by atoms with Gasteiger partial charge in [0, 0.05) is 33.1 Å². The minimum atomic E-state index is -0.297. The van der Waals surface area contributed by atoms with Gasteiger partial charge in [0.2, 0.25) is 18.2 Å². The molecule has 1 aliphatic rings. The third-order valence-corrected chi connectivity index (χ3v) is 4.52. The van der Waals surface area contributed by atoms with Gasteiger partial charge in [-0.15, -0.1) is 0 Å². The molecule has 0 aromatic heterocycles. The second-order valence-corrected chi connectivity index (χ2v) is 5.99. The van der Waals surface area contributed by atoms with Crippen molar-refractivity contribution >= 4 is 47.1 Å². The standard InChI is InChI=1S/C15H17Cl2N3O3/c1-11(22)20(13-4-2-3-12(16)15(13)17)9-14(23)19-7-5-18(10-21)6-8-19/h2-4,10H,5-9H2,1H3. The van der Waals surface area contributed by atoms with E-state index in [2.05, 4.69) is 0 Å². The van der Waals surface area contributed by atoms with Gasteiger partial charge in [0.05, 0.1) is 15.7 Å². The number of carbonyl (C=O) groups is 3. The highest BCUT2D eigenvalue weighted by atomic mass is 35.5. The molecule has 124 valence electrons. The summed E-state index contributed by atoms with van der Waals surface area (Å²) in [5, 5.41) is 0.561. The van der Waals surface area contributed by atoms with Crippen molar-refractivity contribution in [1.29, 1.82) is 0 Å². The van der Waals surface area contributed by atoms with Gasteiger partial charge in [-0.3, -0.25) is 14.4 Å². The number of benzene rings is 1. The number of halogens is 2. The first kappa shape index (κ1) is 17.6. The van der Waals surface area contributed by atoms with E-state index in [0.29, 0.717) is 36.9 Å². The van der Waals surface area contributed by atoms with Gasteiger partial charge >= 0.3 is 0 Å². The molecule has 0 bridgehead atoms. The van der Waals surface area contributed by atoms with E-state index in [-0.39, 0.29) is 23.4 Å². The first-order valence-electron chi connectivity index (χ1n) is 7.13. The Hall–Kier alpha value is -1.79. The number of amides is 3. The van der Waals surface area contributed by atoms with Crippen LogP contribution in [0.3, 0.4) is 0 Å². The zero-order valence-corrected chi connectivity index (χ0v) is 14.2. The lowest BCUT2D eigenvalue weighted by Crippen LogP contribution is -2.51. The monoisotopic (exact) mass is 357 g/mol. The van der Waals surface area contributed by atoms with Crippen LogP contribution in [0.15, 0.2) is 18.2 Å². The summed E-state index contributed by atoms with van der Waals surface area (Å²) in [6.45, 7) is 3.14. The maximum Gasteiger partial charge on any atom is 0.242 e. The molecule has 1 aromatic rings. The molecule has 6 nitrogen and oxygen atoms in total. The lowest BCUT2D eigenvalue weighted by Gasteiger charge is -2.34. The van der Waals surface area contributed by atoms with Crippen LogP contribution in [0.25, 0.3) is 0 Å². The lowest BCUT2D eigenvalue weighted by atomic mass is 10.2. The topological polar surface area (TPSA) is 60.9 Å². The van der Waals surface area contributed by atoms with Crippen LogP contribution in [0.5, 0.6) is 0 Å². The molecule has 3 amide bonds. The van der Waals surface area contributed by atoms with E-state index in [9.17, 15) is 14.4 Å². The molecule has 0 saturated carbocycles. The first-order chi connectivity index (χ1) is 10.9. The van der Waals surface area contributed by atoms with Crippen LogP contribution >= 0.6 is 23.2 Å². The van der Waals surface area contributed by atoms with E-state index in [4.69, 9.17) is 23.2 Å². The summed E-state index contributed by atoms with van der Waals surface area (Å²) in [5.74, 6) is -0.490. The van der Waals surface area contributed by atoms with Crippen LogP contribution in [-0.2, 0) is 14.4 Å². The average Bonchev–Trinajstić information content (AvgIpc) is 2.55. The first-order valence-corrected chi connectivity index (χ1v) is 7.89. The van der Waals surface area contributed by atoms with E-state index < -0.39 is 0 Å². The van der Waals surface area contributed by atoms with Gasteiger partial charge in [-0.25, -0.2) is 0 Å². The lowest BCUT2D eigenvalue weighted by molar-refractivity contribution is -0.134. The van der Waals surface area contributed by atoms with Crippen molar-refractivity contribution in [3.05, 3.63) is 28.2 Å². The summed E-state index contributed by atoms with van der Waals surface area (Å²) >= 11 is 12.1. The zero-order chi connectivity index (χ0) is 17.0. The molecule has 2 rings (SSSR count). The smallest absolute Gasteiger partial charge is 0.242 e. The fraction of sp³-hybridized carbons (Fsp3) is 0.400. The van der Waals surface area contributed by atoms with Crippen molar-refractivity contribution in [3.63, 3.8) is 0 Å². The van der Waals surface area contributed by atoms with Crippen molar-refractivity contribution in [3.8, 4) is 0 Å². The molecule has 0 N–H and O–H groups in total. The Kier molecular flexibility index (Phi) is 5.85. The summed E-state index contributed by atoms with van der Waals surface area (Å²) in [4.78, 5) is 39.6. The number of nitrogens with zero attached hydrogens (tertiary/aromatic N) is 3. The summed E-state index contributed by atoms with van der Waals surface area (Å²) in [6, 6.07) is 4.94. The second-order valence-electron chi connectivity index (χ2n) is 5.20. The molecule has 0 spiro atoms. The predicted molar refractivity (Wildman–Crippen MR) is 88.7 cm³/mol. The van der Waals surface area contributed by atoms with Crippen molar-refractivity contribution < 1.29 is 14.4 Å². The number of anilines is 1. The van der Waals surface area contributed by atoms with Gasteiger partial charge in [-0.2, -0.15) is 0 Å². The van der Waals surface area contributed by atoms with Crippen molar-refractivity contribution in [2.75, 3.05) is 37.6 Å². The minimum Gasteiger partial charge on any atom is -0.342 e. The Balaban J connectivity index is 2.11. The summed E-state index contributed by atoms with van der Waals surface area (Å²) in [5.41, 5.74) is 0.409. The van der Waals surface area contributed by atoms with Gasteiger partial charge < -0.3 is 14.7 Å². The number of hydrogen-bond acceptors (Lipinski definition) is 3. The Labute approximate surface area is 144 Å².